The molecule has 144 valence electrons. The summed E-state index contributed by atoms with van der Waals surface area (Å²) in [5.41, 5.74) is 4.24. The zero-order valence-electron chi connectivity index (χ0n) is 16.4. The molecule has 3 heterocycles. The van der Waals surface area contributed by atoms with Crippen molar-refractivity contribution in [1.82, 2.24) is 14.8 Å². The topological polar surface area (TPSA) is 45.7 Å². The minimum absolute atomic E-state index is 0.218. The first-order valence-electron chi connectivity index (χ1n) is 10.1. The lowest BCUT2D eigenvalue weighted by Crippen LogP contribution is -2.50. The van der Waals surface area contributed by atoms with Crippen LogP contribution in [0.2, 0.25) is 0 Å². The SMILES string of the molecule is Cc1nc2ccccc2c(C)c1CC(=O)N1CCN(CC2CCCO2)CC1. The van der Waals surface area contributed by atoms with Crippen LogP contribution in [0.4, 0.5) is 0 Å². The van der Waals surface area contributed by atoms with Gasteiger partial charge in [0.25, 0.3) is 0 Å². The second-order valence-corrected chi connectivity index (χ2v) is 7.81. The van der Waals surface area contributed by atoms with Crippen molar-refractivity contribution in [1.29, 1.82) is 0 Å². The maximum atomic E-state index is 12.9. The number of hydrogen-bond donors (Lipinski definition) is 0. The summed E-state index contributed by atoms with van der Waals surface area (Å²) >= 11 is 0. The largest absolute Gasteiger partial charge is 0.377 e. The van der Waals surface area contributed by atoms with Crippen molar-refractivity contribution in [3.63, 3.8) is 0 Å². The highest BCUT2D eigenvalue weighted by Gasteiger charge is 2.25. The fourth-order valence-electron chi connectivity index (χ4n) is 4.35. The molecule has 0 radical (unpaired) electrons. The van der Waals surface area contributed by atoms with Gasteiger partial charge in [-0.05, 0) is 43.9 Å². The molecule has 2 aromatic rings. The molecule has 0 N–H and O–H groups in total. The number of fused-ring (bicyclic) bond motifs is 1. The summed E-state index contributed by atoms with van der Waals surface area (Å²) < 4.78 is 5.74. The molecule has 1 aromatic heterocycles. The highest BCUT2D eigenvalue weighted by molar-refractivity contribution is 5.86. The van der Waals surface area contributed by atoms with Gasteiger partial charge in [-0.15, -0.1) is 0 Å². The van der Waals surface area contributed by atoms with Crippen LogP contribution in [0.3, 0.4) is 0 Å². The molecule has 1 atom stereocenters. The van der Waals surface area contributed by atoms with E-state index in [2.05, 4.69) is 17.9 Å². The number of carbonyl (C=O) groups excluding carboxylic acids is 1. The van der Waals surface area contributed by atoms with E-state index in [1.165, 1.54) is 18.4 Å². The summed E-state index contributed by atoms with van der Waals surface area (Å²) in [5.74, 6) is 0.218. The molecule has 4 rings (SSSR count). The van der Waals surface area contributed by atoms with Crippen molar-refractivity contribution < 1.29 is 9.53 Å². The quantitative estimate of drug-likeness (QED) is 0.834. The van der Waals surface area contributed by atoms with Crippen molar-refractivity contribution >= 4 is 16.8 Å². The van der Waals surface area contributed by atoms with Gasteiger partial charge in [0.05, 0.1) is 18.0 Å². The van der Waals surface area contributed by atoms with Crippen molar-refractivity contribution in [2.45, 2.75) is 39.2 Å². The molecule has 0 bridgehead atoms. The number of aromatic nitrogens is 1. The summed E-state index contributed by atoms with van der Waals surface area (Å²) in [4.78, 5) is 22.1. The summed E-state index contributed by atoms with van der Waals surface area (Å²) in [6, 6.07) is 8.17. The Hall–Kier alpha value is -1.98. The molecular weight excluding hydrogens is 338 g/mol. The number of aryl methyl sites for hydroxylation is 2. The number of carbonyl (C=O) groups is 1. The molecule has 5 nitrogen and oxygen atoms in total. The van der Waals surface area contributed by atoms with E-state index in [9.17, 15) is 4.79 Å². The monoisotopic (exact) mass is 367 g/mol. The minimum atomic E-state index is 0.218. The minimum Gasteiger partial charge on any atom is -0.377 e. The van der Waals surface area contributed by atoms with Crippen LogP contribution in [0.15, 0.2) is 24.3 Å². The molecule has 2 fully saturated rings. The second-order valence-electron chi connectivity index (χ2n) is 7.81. The summed E-state index contributed by atoms with van der Waals surface area (Å²) in [7, 11) is 0. The van der Waals surface area contributed by atoms with Crippen LogP contribution in [-0.4, -0.2) is 66.1 Å². The third kappa shape index (κ3) is 3.99. The van der Waals surface area contributed by atoms with E-state index in [-0.39, 0.29) is 5.91 Å². The number of ether oxygens (including phenoxy) is 1. The van der Waals surface area contributed by atoms with Crippen molar-refractivity contribution in [3.05, 3.63) is 41.1 Å². The van der Waals surface area contributed by atoms with Crippen molar-refractivity contribution in [2.75, 3.05) is 39.3 Å². The molecule has 1 unspecified atom stereocenters. The predicted octanol–water partition coefficient (Wildman–Crippen LogP) is 2.72. The normalized spacial score (nSPS) is 21.1. The first-order valence-corrected chi connectivity index (χ1v) is 10.1. The van der Waals surface area contributed by atoms with Crippen molar-refractivity contribution in [2.24, 2.45) is 0 Å². The Balaban J connectivity index is 1.39. The molecule has 0 saturated carbocycles. The zero-order valence-corrected chi connectivity index (χ0v) is 16.4. The van der Waals surface area contributed by atoms with Crippen LogP contribution in [0.5, 0.6) is 0 Å². The first-order chi connectivity index (χ1) is 13.1. The van der Waals surface area contributed by atoms with E-state index in [0.717, 1.165) is 61.5 Å². The smallest absolute Gasteiger partial charge is 0.227 e. The van der Waals surface area contributed by atoms with Gasteiger partial charge in [0.2, 0.25) is 5.91 Å². The summed E-state index contributed by atoms with van der Waals surface area (Å²) in [5, 5.41) is 1.15. The number of piperazine rings is 1. The van der Waals surface area contributed by atoms with Gasteiger partial charge in [-0.2, -0.15) is 0 Å². The number of pyridine rings is 1. The number of amides is 1. The zero-order chi connectivity index (χ0) is 18.8. The Morgan fingerprint density at radius 3 is 2.70 bits per heavy atom. The average molecular weight is 367 g/mol. The van der Waals surface area contributed by atoms with Crippen LogP contribution >= 0.6 is 0 Å². The number of nitrogens with zero attached hydrogens (tertiary/aromatic N) is 3. The molecule has 2 aliphatic heterocycles. The number of para-hydroxylation sites is 1. The van der Waals surface area contributed by atoms with E-state index in [4.69, 9.17) is 9.72 Å². The molecule has 5 heteroatoms. The number of benzene rings is 1. The van der Waals surface area contributed by atoms with E-state index >= 15 is 0 Å². The van der Waals surface area contributed by atoms with Crippen LogP contribution < -0.4 is 0 Å². The van der Waals surface area contributed by atoms with Gasteiger partial charge in [-0.1, -0.05) is 18.2 Å². The fourth-order valence-corrected chi connectivity index (χ4v) is 4.35. The lowest BCUT2D eigenvalue weighted by atomic mass is 9.99. The fraction of sp³-hybridized carbons (Fsp3) is 0.545. The highest BCUT2D eigenvalue weighted by atomic mass is 16.5. The molecule has 2 aliphatic rings. The standard InChI is InChI=1S/C22H29N3O2/c1-16-19-7-3-4-8-21(19)23-17(2)20(16)14-22(26)25-11-9-24(10-12-25)15-18-6-5-13-27-18/h3-4,7-8,18H,5-6,9-15H2,1-2H3. The highest BCUT2D eigenvalue weighted by Crippen LogP contribution is 2.23. The molecule has 1 aromatic carbocycles. The van der Waals surface area contributed by atoms with Crippen LogP contribution in [0.25, 0.3) is 10.9 Å². The average Bonchev–Trinajstić information content (AvgIpc) is 3.18. The molecule has 0 aliphatic carbocycles. The maximum absolute atomic E-state index is 12.9. The van der Waals surface area contributed by atoms with Gasteiger partial charge in [0.15, 0.2) is 0 Å². The van der Waals surface area contributed by atoms with Crippen LogP contribution in [0.1, 0.15) is 29.7 Å². The van der Waals surface area contributed by atoms with Crippen LogP contribution in [-0.2, 0) is 16.0 Å². The maximum Gasteiger partial charge on any atom is 0.227 e. The van der Waals surface area contributed by atoms with Gasteiger partial charge in [-0.25, -0.2) is 0 Å². The molecule has 2 saturated heterocycles. The molecule has 27 heavy (non-hydrogen) atoms. The summed E-state index contributed by atoms with van der Waals surface area (Å²) in [6.45, 7) is 9.55. The predicted molar refractivity (Wildman–Crippen MR) is 107 cm³/mol. The van der Waals surface area contributed by atoms with E-state index < -0.39 is 0 Å². The van der Waals surface area contributed by atoms with Gasteiger partial charge in [-0.3, -0.25) is 14.7 Å². The summed E-state index contributed by atoms with van der Waals surface area (Å²) in [6.07, 6.45) is 3.19. The van der Waals surface area contributed by atoms with E-state index in [1.807, 2.05) is 30.0 Å². The lowest BCUT2D eigenvalue weighted by molar-refractivity contribution is -0.132. The lowest BCUT2D eigenvalue weighted by Gasteiger charge is -2.36. The Kier molecular flexibility index (Phi) is 5.41. The van der Waals surface area contributed by atoms with Gasteiger partial charge < -0.3 is 9.64 Å². The molecule has 1 amide bonds. The van der Waals surface area contributed by atoms with Gasteiger partial charge >= 0.3 is 0 Å². The van der Waals surface area contributed by atoms with Gasteiger partial charge in [0, 0.05) is 50.4 Å². The Morgan fingerprint density at radius 1 is 1.19 bits per heavy atom. The number of hydrogen-bond acceptors (Lipinski definition) is 4. The third-order valence-corrected chi connectivity index (χ3v) is 6.02. The second kappa shape index (κ2) is 7.95. The van der Waals surface area contributed by atoms with Gasteiger partial charge in [0.1, 0.15) is 0 Å². The van der Waals surface area contributed by atoms with E-state index in [1.54, 1.807) is 0 Å². The van der Waals surface area contributed by atoms with Crippen molar-refractivity contribution in [3.8, 4) is 0 Å². The Morgan fingerprint density at radius 2 is 1.96 bits per heavy atom. The number of rotatable bonds is 4. The Labute approximate surface area is 161 Å². The first kappa shape index (κ1) is 18.4. The van der Waals surface area contributed by atoms with Crippen LogP contribution in [0, 0.1) is 13.8 Å². The molecular formula is C22H29N3O2. The third-order valence-electron chi connectivity index (χ3n) is 6.02. The Bertz CT molecular complexity index is 822. The molecule has 0 spiro atoms. The van der Waals surface area contributed by atoms with E-state index in [0.29, 0.717) is 12.5 Å².